The van der Waals surface area contributed by atoms with Gasteiger partial charge >= 0.3 is 5.97 Å². The maximum Gasteiger partial charge on any atom is 0.326 e. The number of carbonyl (C=O) groups excluding carboxylic acids is 1. The Morgan fingerprint density at radius 3 is 2.83 bits per heavy atom. The first-order chi connectivity index (χ1) is 5.15. The van der Waals surface area contributed by atoms with Crippen LogP contribution < -0.4 is 5.73 Å². The summed E-state index contributed by atoms with van der Waals surface area (Å²) in [5, 5.41) is 0. The van der Waals surface area contributed by atoms with Gasteiger partial charge in [0.2, 0.25) is 0 Å². The van der Waals surface area contributed by atoms with E-state index < -0.39 is 5.54 Å². The maximum absolute atomic E-state index is 11.1. The molecule has 0 amide bonds. The van der Waals surface area contributed by atoms with E-state index >= 15 is 0 Å². The van der Waals surface area contributed by atoms with Gasteiger partial charge in [0.05, 0.1) is 6.61 Å². The fourth-order valence-corrected chi connectivity index (χ4v) is 1.10. The summed E-state index contributed by atoms with van der Waals surface area (Å²) in [5.74, 6) is -0.188. The van der Waals surface area contributed by atoms with Gasteiger partial charge in [-0.2, -0.15) is 0 Å². The van der Waals surface area contributed by atoms with Crippen molar-refractivity contribution >= 4 is 18.4 Å². The molecule has 1 aliphatic rings. The van der Waals surface area contributed by atoms with E-state index in [-0.39, 0.29) is 24.3 Å². The Bertz CT molecular complexity index is 195. The molecule has 1 fully saturated rings. The zero-order chi connectivity index (χ0) is 8.48. The highest BCUT2D eigenvalue weighted by Crippen LogP contribution is 2.42. The Morgan fingerprint density at radius 1 is 1.92 bits per heavy atom. The van der Waals surface area contributed by atoms with Crippen LogP contribution in [0.3, 0.4) is 0 Å². The predicted octanol–water partition coefficient (Wildman–Crippen LogP) is 0.875. The SMILES string of the molecule is C=C[C@H]1C[C@]1(N)C(=O)OCC.Cl. The van der Waals surface area contributed by atoms with Crippen molar-refractivity contribution in [3.8, 4) is 0 Å². The molecule has 12 heavy (non-hydrogen) atoms. The van der Waals surface area contributed by atoms with Gasteiger partial charge < -0.3 is 10.5 Å². The van der Waals surface area contributed by atoms with E-state index in [0.29, 0.717) is 13.0 Å². The molecule has 0 radical (unpaired) electrons. The lowest BCUT2D eigenvalue weighted by Crippen LogP contribution is -2.36. The van der Waals surface area contributed by atoms with Gasteiger partial charge in [0.15, 0.2) is 0 Å². The van der Waals surface area contributed by atoms with E-state index in [1.165, 1.54) is 0 Å². The lowest BCUT2D eigenvalue weighted by Gasteiger charge is -2.07. The molecule has 0 aromatic carbocycles. The second-order valence-corrected chi connectivity index (χ2v) is 2.81. The molecule has 0 unspecified atom stereocenters. The number of esters is 1. The third-order valence-electron chi connectivity index (χ3n) is 2.00. The number of hydrogen-bond acceptors (Lipinski definition) is 3. The highest BCUT2D eigenvalue weighted by Gasteiger charge is 2.56. The molecule has 1 saturated carbocycles. The number of rotatable bonds is 3. The smallest absolute Gasteiger partial charge is 0.326 e. The van der Waals surface area contributed by atoms with E-state index in [0.717, 1.165) is 0 Å². The molecule has 3 nitrogen and oxygen atoms in total. The normalized spacial score (nSPS) is 31.7. The van der Waals surface area contributed by atoms with Gasteiger partial charge in [0.25, 0.3) is 0 Å². The molecule has 0 aliphatic heterocycles. The Kier molecular flexibility index (Phi) is 3.74. The van der Waals surface area contributed by atoms with Crippen molar-refractivity contribution < 1.29 is 9.53 Å². The van der Waals surface area contributed by atoms with Crippen LogP contribution in [0.4, 0.5) is 0 Å². The van der Waals surface area contributed by atoms with Crippen LogP contribution in [0.5, 0.6) is 0 Å². The van der Waals surface area contributed by atoms with Crippen molar-refractivity contribution in [2.75, 3.05) is 6.61 Å². The molecule has 2 N–H and O–H groups in total. The van der Waals surface area contributed by atoms with Crippen molar-refractivity contribution in [3.05, 3.63) is 12.7 Å². The maximum atomic E-state index is 11.1. The van der Waals surface area contributed by atoms with Crippen LogP contribution in [0.15, 0.2) is 12.7 Å². The molecule has 1 aliphatic carbocycles. The van der Waals surface area contributed by atoms with E-state index in [2.05, 4.69) is 6.58 Å². The number of hydrogen-bond donors (Lipinski definition) is 1. The molecule has 0 bridgehead atoms. The third kappa shape index (κ3) is 1.79. The summed E-state index contributed by atoms with van der Waals surface area (Å²) in [7, 11) is 0. The molecule has 0 saturated heterocycles. The first-order valence-corrected chi connectivity index (χ1v) is 3.73. The third-order valence-corrected chi connectivity index (χ3v) is 2.00. The number of halogens is 1. The number of carbonyl (C=O) groups is 1. The number of ether oxygens (including phenoxy) is 1. The van der Waals surface area contributed by atoms with Crippen LogP contribution in [0, 0.1) is 5.92 Å². The van der Waals surface area contributed by atoms with Crippen molar-refractivity contribution in [2.24, 2.45) is 11.7 Å². The Hall–Kier alpha value is -0.540. The van der Waals surface area contributed by atoms with E-state index in [1.54, 1.807) is 13.0 Å². The minimum Gasteiger partial charge on any atom is -0.465 e. The van der Waals surface area contributed by atoms with Gasteiger partial charge in [-0.1, -0.05) is 6.08 Å². The standard InChI is InChI=1S/C8H13NO2.ClH/c1-3-6-5-8(6,9)7(10)11-4-2;/h3,6H,1,4-5,9H2,2H3;1H/t6-,8+;/m0./s1. The summed E-state index contributed by atoms with van der Waals surface area (Å²) in [5.41, 5.74) is 4.93. The topological polar surface area (TPSA) is 52.3 Å². The summed E-state index contributed by atoms with van der Waals surface area (Å²) in [6.07, 6.45) is 2.38. The van der Waals surface area contributed by atoms with Crippen molar-refractivity contribution in [3.63, 3.8) is 0 Å². The van der Waals surface area contributed by atoms with Crippen LogP contribution >= 0.6 is 12.4 Å². The predicted molar refractivity (Wildman–Crippen MR) is 49.1 cm³/mol. The summed E-state index contributed by atoms with van der Waals surface area (Å²) in [4.78, 5) is 11.1. The van der Waals surface area contributed by atoms with Gasteiger partial charge in [0.1, 0.15) is 5.54 Å². The van der Waals surface area contributed by atoms with Crippen LogP contribution in [0.25, 0.3) is 0 Å². The van der Waals surface area contributed by atoms with Crippen LogP contribution in [-0.2, 0) is 9.53 Å². The Morgan fingerprint density at radius 2 is 2.50 bits per heavy atom. The first kappa shape index (κ1) is 11.5. The summed E-state index contributed by atoms with van der Waals surface area (Å²) < 4.78 is 4.79. The molecule has 2 atom stereocenters. The van der Waals surface area contributed by atoms with Crippen LogP contribution in [0.2, 0.25) is 0 Å². The fraction of sp³-hybridized carbons (Fsp3) is 0.625. The highest BCUT2D eigenvalue weighted by atomic mass is 35.5. The monoisotopic (exact) mass is 191 g/mol. The van der Waals surface area contributed by atoms with E-state index in [1.807, 2.05) is 0 Å². The molecular weight excluding hydrogens is 178 g/mol. The van der Waals surface area contributed by atoms with Crippen molar-refractivity contribution in [2.45, 2.75) is 18.9 Å². The number of nitrogens with two attached hydrogens (primary N) is 1. The average molecular weight is 192 g/mol. The zero-order valence-corrected chi connectivity index (χ0v) is 7.89. The summed E-state index contributed by atoms with van der Waals surface area (Å²) in [6, 6.07) is 0. The molecule has 4 heteroatoms. The molecule has 70 valence electrons. The zero-order valence-electron chi connectivity index (χ0n) is 7.08. The minimum absolute atomic E-state index is 0. The van der Waals surface area contributed by atoms with E-state index in [4.69, 9.17) is 10.5 Å². The molecule has 0 aromatic rings. The van der Waals surface area contributed by atoms with Crippen LogP contribution in [-0.4, -0.2) is 18.1 Å². The van der Waals surface area contributed by atoms with Gasteiger partial charge in [-0.25, -0.2) is 0 Å². The van der Waals surface area contributed by atoms with Gasteiger partial charge in [0, 0.05) is 5.92 Å². The van der Waals surface area contributed by atoms with Gasteiger partial charge in [-0.15, -0.1) is 19.0 Å². The second kappa shape index (κ2) is 3.92. The molecule has 0 aromatic heterocycles. The summed E-state index contributed by atoms with van der Waals surface area (Å²) in [6.45, 7) is 5.73. The Balaban J connectivity index is 0.00000121. The second-order valence-electron chi connectivity index (χ2n) is 2.81. The lowest BCUT2D eigenvalue weighted by molar-refractivity contribution is -0.146. The minimum atomic E-state index is -0.752. The quantitative estimate of drug-likeness (QED) is 0.532. The average Bonchev–Trinajstić information content (AvgIpc) is 2.64. The first-order valence-electron chi connectivity index (χ1n) is 3.73. The van der Waals surface area contributed by atoms with Crippen LogP contribution in [0.1, 0.15) is 13.3 Å². The molecular formula is C8H14ClNO2. The fourth-order valence-electron chi connectivity index (χ4n) is 1.10. The van der Waals surface area contributed by atoms with Gasteiger partial charge in [-0.3, -0.25) is 4.79 Å². The summed E-state index contributed by atoms with van der Waals surface area (Å²) >= 11 is 0. The Labute approximate surface area is 78.4 Å². The lowest BCUT2D eigenvalue weighted by atomic mass is 10.2. The molecule has 0 heterocycles. The van der Waals surface area contributed by atoms with Crippen molar-refractivity contribution in [1.82, 2.24) is 0 Å². The largest absolute Gasteiger partial charge is 0.465 e. The van der Waals surface area contributed by atoms with Gasteiger partial charge in [-0.05, 0) is 13.3 Å². The van der Waals surface area contributed by atoms with Crippen molar-refractivity contribution in [1.29, 1.82) is 0 Å². The highest BCUT2D eigenvalue weighted by molar-refractivity contribution is 5.85. The van der Waals surface area contributed by atoms with E-state index in [9.17, 15) is 4.79 Å². The molecule has 1 rings (SSSR count). The molecule has 0 spiro atoms.